The number of hydrogen-bond acceptors (Lipinski definition) is 5. The topological polar surface area (TPSA) is 78.1 Å². The molecule has 1 aromatic rings. The van der Waals surface area contributed by atoms with Crippen molar-refractivity contribution in [3.05, 3.63) is 24.3 Å². The van der Waals surface area contributed by atoms with Crippen LogP contribution in [0.5, 0.6) is 5.75 Å². The van der Waals surface area contributed by atoms with Crippen molar-refractivity contribution in [1.29, 1.82) is 0 Å². The van der Waals surface area contributed by atoms with E-state index in [0.717, 1.165) is 29.9 Å². The maximum atomic E-state index is 6.07. The molecule has 136 valence electrons. The van der Waals surface area contributed by atoms with Crippen LogP contribution in [0.15, 0.2) is 29.3 Å². The summed E-state index contributed by atoms with van der Waals surface area (Å²) in [6, 6.07) is 7.97. The zero-order valence-corrected chi connectivity index (χ0v) is 15.7. The molecule has 3 N–H and O–H groups in total. The van der Waals surface area contributed by atoms with Crippen LogP contribution in [0.2, 0.25) is 0 Å². The molecule has 25 heavy (non-hydrogen) atoms. The Morgan fingerprint density at radius 3 is 2.20 bits per heavy atom. The van der Waals surface area contributed by atoms with Gasteiger partial charge in [0, 0.05) is 13.0 Å². The molecular weight excluding hydrogens is 317 g/mol. The molecule has 1 saturated heterocycles. The van der Waals surface area contributed by atoms with Crippen LogP contribution in [0.4, 0.5) is 0 Å². The van der Waals surface area contributed by atoms with E-state index in [1.807, 2.05) is 24.3 Å². The molecule has 6 nitrogen and oxygen atoms in total. The standard InChI is InChI=1S/C18H28BN3O3/c1-17(2)18(3,4)25-19(24-17)13-6-8-14(9-7-13)23-15-10-12(11-15)16(21-5)22-20/h6-9,12,15H,10-11,20H2,1-5H3,(H,21,22). The van der Waals surface area contributed by atoms with Crippen molar-refractivity contribution in [3.63, 3.8) is 0 Å². The van der Waals surface area contributed by atoms with Gasteiger partial charge in [0.25, 0.3) is 0 Å². The molecule has 0 amide bonds. The highest BCUT2D eigenvalue weighted by Gasteiger charge is 2.51. The van der Waals surface area contributed by atoms with E-state index in [9.17, 15) is 0 Å². The van der Waals surface area contributed by atoms with Crippen molar-refractivity contribution < 1.29 is 14.0 Å². The van der Waals surface area contributed by atoms with Gasteiger partial charge in [-0.2, -0.15) is 0 Å². The van der Waals surface area contributed by atoms with Gasteiger partial charge in [0.1, 0.15) is 17.7 Å². The number of amidine groups is 1. The Labute approximate surface area is 150 Å². The molecule has 0 radical (unpaired) electrons. The van der Waals surface area contributed by atoms with Crippen molar-refractivity contribution in [2.24, 2.45) is 16.8 Å². The molecule has 1 saturated carbocycles. The van der Waals surface area contributed by atoms with Crippen LogP contribution in [-0.2, 0) is 9.31 Å². The normalized spacial score (nSPS) is 27.8. The van der Waals surface area contributed by atoms with Crippen molar-refractivity contribution in [3.8, 4) is 5.75 Å². The Balaban J connectivity index is 1.56. The van der Waals surface area contributed by atoms with E-state index in [4.69, 9.17) is 19.9 Å². The van der Waals surface area contributed by atoms with Crippen molar-refractivity contribution in [2.45, 2.75) is 57.8 Å². The minimum Gasteiger partial charge on any atom is -0.490 e. The summed E-state index contributed by atoms with van der Waals surface area (Å²) >= 11 is 0. The Kier molecular flexibility index (Phi) is 4.83. The van der Waals surface area contributed by atoms with Crippen LogP contribution < -0.4 is 21.5 Å². The lowest BCUT2D eigenvalue weighted by atomic mass is 9.79. The highest BCUT2D eigenvalue weighted by molar-refractivity contribution is 6.62. The van der Waals surface area contributed by atoms with Gasteiger partial charge >= 0.3 is 7.12 Å². The molecule has 0 bridgehead atoms. The summed E-state index contributed by atoms with van der Waals surface area (Å²) in [7, 11) is 1.41. The van der Waals surface area contributed by atoms with E-state index in [-0.39, 0.29) is 24.4 Å². The molecular formula is C18H28BN3O3. The predicted octanol–water partition coefficient (Wildman–Crippen LogP) is 1.63. The van der Waals surface area contributed by atoms with Crippen LogP contribution in [0.3, 0.4) is 0 Å². The first-order chi connectivity index (χ1) is 11.8. The van der Waals surface area contributed by atoms with E-state index in [0.29, 0.717) is 5.92 Å². The van der Waals surface area contributed by atoms with E-state index in [1.165, 1.54) is 0 Å². The molecule has 0 aromatic heterocycles. The third-order valence-electron chi connectivity index (χ3n) is 5.58. The fraction of sp³-hybridized carbons (Fsp3) is 0.611. The average molecular weight is 345 g/mol. The summed E-state index contributed by atoms with van der Waals surface area (Å²) in [5.74, 6) is 7.53. The van der Waals surface area contributed by atoms with Gasteiger partial charge in [-0.15, -0.1) is 0 Å². The molecule has 1 aromatic carbocycles. The van der Waals surface area contributed by atoms with Gasteiger partial charge in [-0.3, -0.25) is 4.99 Å². The lowest BCUT2D eigenvalue weighted by molar-refractivity contribution is 0.00578. The van der Waals surface area contributed by atoms with Gasteiger partial charge in [-0.05, 0) is 58.1 Å². The number of hydrogen-bond donors (Lipinski definition) is 2. The number of nitrogens with one attached hydrogen (secondary N) is 1. The maximum absolute atomic E-state index is 6.07. The van der Waals surface area contributed by atoms with Gasteiger partial charge in [-0.1, -0.05) is 12.1 Å². The van der Waals surface area contributed by atoms with Crippen LogP contribution >= 0.6 is 0 Å². The summed E-state index contributed by atoms with van der Waals surface area (Å²) in [6.07, 6.45) is 2.06. The van der Waals surface area contributed by atoms with Gasteiger partial charge in [0.15, 0.2) is 0 Å². The van der Waals surface area contributed by atoms with Gasteiger partial charge in [-0.25, -0.2) is 5.84 Å². The quantitative estimate of drug-likeness (QED) is 0.285. The minimum absolute atomic E-state index is 0.206. The molecule has 2 fully saturated rings. The SMILES string of the molecule is CN=C(NN)C1CC(Oc2ccc(B3OC(C)(C)C(C)(C)O3)cc2)C1. The zero-order chi connectivity index (χ0) is 18.2. The van der Waals surface area contributed by atoms with Crippen LogP contribution in [0, 0.1) is 5.92 Å². The lowest BCUT2D eigenvalue weighted by Gasteiger charge is -2.35. The largest absolute Gasteiger partial charge is 0.494 e. The molecule has 1 heterocycles. The minimum atomic E-state index is -0.342. The zero-order valence-electron chi connectivity index (χ0n) is 15.7. The molecule has 3 rings (SSSR count). The molecule has 0 unspecified atom stereocenters. The smallest absolute Gasteiger partial charge is 0.490 e. The second-order valence-electron chi connectivity index (χ2n) is 7.82. The summed E-state index contributed by atoms with van der Waals surface area (Å²) in [5, 5.41) is 0. The van der Waals surface area contributed by atoms with Crippen molar-refractivity contribution in [1.82, 2.24) is 5.43 Å². The second-order valence-corrected chi connectivity index (χ2v) is 7.82. The van der Waals surface area contributed by atoms with E-state index < -0.39 is 0 Å². The van der Waals surface area contributed by atoms with E-state index in [1.54, 1.807) is 7.05 Å². The third-order valence-corrected chi connectivity index (χ3v) is 5.58. The molecule has 7 heteroatoms. The lowest BCUT2D eigenvalue weighted by Crippen LogP contribution is -2.46. The second kappa shape index (κ2) is 6.63. The molecule has 0 atom stereocenters. The van der Waals surface area contributed by atoms with Gasteiger partial charge in [0.05, 0.1) is 11.2 Å². The third kappa shape index (κ3) is 3.54. The first-order valence-corrected chi connectivity index (χ1v) is 8.81. The van der Waals surface area contributed by atoms with E-state index >= 15 is 0 Å². The van der Waals surface area contributed by atoms with Crippen molar-refractivity contribution in [2.75, 3.05) is 7.05 Å². The van der Waals surface area contributed by atoms with Gasteiger partial charge in [0.2, 0.25) is 0 Å². The van der Waals surface area contributed by atoms with Gasteiger partial charge < -0.3 is 19.5 Å². The highest BCUT2D eigenvalue weighted by atomic mass is 16.7. The van der Waals surface area contributed by atoms with E-state index in [2.05, 4.69) is 38.1 Å². The molecule has 1 aliphatic carbocycles. The Morgan fingerprint density at radius 2 is 1.72 bits per heavy atom. The average Bonchev–Trinajstić information content (AvgIpc) is 2.74. The maximum Gasteiger partial charge on any atom is 0.494 e. The van der Waals surface area contributed by atoms with Crippen LogP contribution in [0.25, 0.3) is 0 Å². The van der Waals surface area contributed by atoms with Crippen LogP contribution in [0.1, 0.15) is 40.5 Å². The number of ether oxygens (including phenoxy) is 1. The number of nitrogens with two attached hydrogens (primary N) is 1. The highest BCUT2D eigenvalue weighted by Crippen LogP contribution is 2.36. The van der Waals surface area contributed by atoms with Crippen LogP contribution in [-0.4, -0.2) is 37.3 Å². The van der Waals surface area contributed by atoms with Crippen molar-refractivity contribution >= 4 is 18.4 Å². The monoisotopic (exact) mass is 345 g/mol. The predicted molar refractivity (Wildman–Crippen MR) is 100.0 cm³/mol. The number of hydrazine groups is 1. The Morgan fingerprint density at radius 1 is 1.16 bits per heavy atom. The fourth-order valence-electron chi connectivity index (χ4n) is 3.13. The summed E-state index contributed by atoms with van der Waals surface area (Å²) in [6.45, 7) is 8.23. The Hall–Kier alpha value is -1.57. The first-order valence-electron chi connectivity index (χ1n) is 8.81. The fourth-order valence-corrected chi connectivity index (χ4v) is 3.13. The summed E-state index contributed by atoms with van der Waals surface area (Å²) in [5.41, 5.74) is 3.00. The molecule has 2 aliphatic rings. The summed E-state index contributed by atoms with van der Waals surface area (Å²) < 4.78 is 18.2. The number of benzene rings is 1. The number of aliphatic imine (C=N–C) groups is 1. The molecule has 0 spiro atoms. The number of nitrogens with zero attached hydrogens (tertiary/aromatic N) is 1. The number of rotatable bonds is 4. The Bertz CT molecular complexity index is 623. The first kappa shape index (κ1) is 18.2. The summed E-state index contributed by atoms with van der Waals surface area (Å²) in [4.78, 5) is 4.15. The molecule has 1 aliphatic heterocycles.